The number of allylic oxidation sites excluding steroid dienone is 4. The molecule has 0 saturated heterocycles. The van der Waals surface area contributed by atoms with Gasteiger partial charge in [0.05, 0.1) is 0 Å². The molecule has 1 aliphatic heterocycles. The molecule has 0 fully saturated rings. The Balaban J connectivity index is 1.73. The van der Waals surface area contributed by atoms with Crippen LogP contribution in [-0.2, 0) is 16.1 Å². The van der Waals surface area contributed by atoms with E-state index in [4.69, 9.17) is 0 Å². The van der Waals surface area contributed by atoms with Gasteiger partial charge in [0.25, 0.3) is 0 Å². The van der Waals surface area contributed by atoms with Crippen molar-refractivity contribution in [3.05, 3.63) is 88.3 Å². The minimum absolute atomic E-state index is 0.104. The number of aromatic hydroxyl groups is 1. The Hall–Kier alpha value is -3.14. The van der Waals surface area contributed by atoms with Crippen molar-refractivity contribution < 1.29 is 14.7 Å². The number of carbonyl (C=O) groups excluding carboxylic acids is 2. The maximum absolute atomic E-state index is 13.2. The molecule has 3 aliphatic rings. The van der Waals surface area contributed by atoms with Crippen LogP contribution >= 0.6 is 0 Å². The van der Waals surface area contributed by atoms with Crippen LogP contribution in [0.25, 0.3) is 0 Å². The van der Waals surface area contributed by atoms with E-state index in [1.807, 2.05) is 30.3 Å². The predicted molar refractivity (Wildman–Crippen MR) is 115 cm³/mol. The van der Waals surface area contributed by atoms with Gasteiger partial charge < -0.3 is 10.0 Å². The molecule has 1 heterocycles. The standard InChI is InChI=1S/C26H25NO3/c28-21-13-5-4-10-18(21)24-25-19(11-6-14-22(25)29)27(16-17-8-2-1-3-9-17)20-12-7-15-23(30)26(20)24/h1-5,8-10,13,24,28H,6-7,11-12,14-16H2. The van der Waals surface area contributed by atoms with E-state index in [1.165, 1.54) is 0 Å². The lowest BCUT2D eigenvalue weighted by Crippen LogP contribution is -2.38. The second-order valence-corrected chi connectivity index (χ2v) is 8.34. The third kappa shape index (κ3) is 3.07. The van der Waals surface area contributed by atoms with Crippen LogP contribution < -0.4 is 0 Å². The molecule has 0 amide bonds. The van der Waals surface area contributed by atoms with Crippen molar-refractivity contribution in [3.8, 4) is 5.75 Å². The number of phenolic OH excluding ortho intramolecular Hbond substituents is 1. The topological polar surface area (TPSA) is 57.6 Å². The Kier molecular flexibility index (Phi) is 4.78. The molecule has 2 aliphatic carbocycles. The van der Waals surface area contributed by atoms with Crippen molar-refractivity contribution in [2.24, 2.45) is 0 Å². The second-order valence-electron chi connectivity index (χ2n) is 8.34. The Morgan fingerprint density at radius 1 is 0.767 bits per heavy atom. The lowest BCUT2D eigenvalue weighted by atomic mass is 9.70. The van der Waals surface area contributed by atoms with E-state index in [0.717, 1.165) is 42.6 Å². The molecule has 0 bridgehead atoms. The minimum atomic E-state index is -0.455. The molecule has 4 nitrogen and oxygen atoms in total. The Morgan fingerprint density at radius 3 is 1.93 bits per heavy atom. The van der Waals surface area contributed by atoms with Crippen LogP contribution in [0.5, 0.6) is 5.75 Å². The van der Waals surface area contributed by atoms with Crippen molar-refractivity contribution in [2.45, 2.75) is 51.0 Å². The first-order chi connectivity index (χ1) is 14.6. The number of para-hydroxylation sites is 1. The average molecular weight is 399 g/mol. The highest BCUT2D eigenvalue weighted by Gasteiger charge is 2.43. The first kappa shape index (κ1) is 18.9. The molecule has 0 radical (unpaired) electrons. The monoisotopic (exact) mass is 399 g/mol. The highest BCUT2D eigenvalue weighted by molar-refractivity contribution is 6.06. The van der Waals surface area contributed by atoms with E-state index >= 15 is 0 Å². The molecular formula is C26H25NO3. The Morgan fingerprint density at radius 2 is 1.33 bits per heavy atom. The first-order valence-corrected chi connectivity index (χ1v) is 10.8. The van der Waals surface area contributed by atoms with Crippen LogP contribution in [-0.4, -0.2) is 21.6 Å². The molecule has 1 N–H and O–H groups in total. The number of benzene rings is 2. The van der Waals surface area contributed by atoms with Gasteiger partial charge in [0.2, 0.25) is 0 Å². The van der Waals surface area contributed by atoms with E-state index in [2.05, 4.69) is 17.0 Å². The Bertz CT molecular complexity index is 1040. The predicted octanol–water partition coefficient (Wildman–Crippen LogP) is 5.01. The van der Waals surface area contributed by atoms with Gasteiger partial charge in [-0.25, -0.2) is 0 Å². The van der Waals surface area contributed by atoms with Gasteiger partial charge in [-0.2, -0.15) is 0 Å². The van der Waals surface area contributed by atoms with Crippen LogP contribution in [0.15, 0.2) is 77.1 Å². The van der Waals surface area contributed by atoms with Gasteiger partial charge in [-0.3, -0.25) is 9.59 Å². The summed E-state index contributed by atoms with van der Waals surface area (Å²) in [6.07, 6.45) is 4.30. The van der Waals surface area contributed by atoms with Gasteiger partial charge in [0.15, 0.2) is 11.6 Å². The smallest absolute Gasteiger partial charge is 0.161 e. The van der Waals surface area contributed by atoms with Crippen LogP contribution in [0, 0.1) is 0 Å². The number of hydrogen-bond acceptors (Lipinski definition) is 4. The third-order valence-electron chi connectivity index (χ3n) is 6.52. The number of nitrogens with zero attached hydrogens (tertiary/aromatic N) is 1. The molecule has 0 aromatic heterocycles. The molecular weight excluding hydrogens is 374 g/mol. The maximum Gasteiger partial charge on any atom is 0.161 e. The normalized spacial score (nSPS) is 19.8. The summed E-state index contributed by atoms with van der Waals surface area (Å²) in [5, 5.41) is 10.6. The summed E-state index contributed by atoms with van der Waals surface area (Å²) in [5.41, 5.74) is 5.34. The zero-order valence-electron chi connectivity index (χ0n) is 16.9. The van der Waals surface area contributed by atoms with Gasteiger partial charge in [0.1, 0.15) is 5.75 Å². The van der Waals surface area contributed by atoms with Gasteiger partial charge in [-0.1, -0.05) is 48.5 Å². The molecule has 2 aromatic rings. The van der Waals surface area contributed by atoms with Crippen molar-refractivity contribution in [3.63, 3.8) is 0 Å². The molecule has 0 spiro atoms. The molecule has 0 atom stereocenters. The summed E-state index contributed by atoms with van der Waals surface area (Å²) in [6.45, 7) is 0.659. The van der Waals surface area contributed by atoms with Crippen molar-refractivity contribution >= 4 is 11.6 Å². The lowest BCUT2D eigenvalue weighted by molar-refractivity contribution is -0.117. The number of Topliss-reactive ketones (excluding diaryl/α,β-unsaturated/α-hetero) is 2. The molecule has 2 aromatic carbocycles. The fourth-order valence-corrected chi connectivity index (χ4v) is 5.22. The lowest BCUT2D eigenvalue weighted by Gasteiger charge is -2.44. The average Bonchev–Trinajstić information content (AvgIpc) is 2.76. The molecule has 152 valence electrons. The summed E-state index contributed by atoms with van der Waals surface area (Å²) in [4.78, 5) is 28.6. The van der Waals surface area contributed by atoms with Crippen LogP contribution in [0.3, 0.4) is 0 Å². The van der Waals surface area contributed by atoms with E-state index in [1.54, 1.807) is 12.1 Å². The van der Waals surface area contributed by atoms with E-state index in [0.29, 0.717) is 36.1 Å². The van der Waals surface area contributed by atoms with Gasteiger partial charge >= 0.3 is 0 Å². The number of phenols is 1. The van der Waals surface area contributed by atoms with E-state index < -0.39 is 5.92 Å². The highest BCUT2D eigenvalue weighted by atomic mass is 16.3. The van der Waals surface area contributed by atoms with Crippen molar-refractivity contribution in [1.29, 1.82) is 0 Å². The second kappa shape index (κ2) is 7.60. The highest BCUT2D eigenvalue weighted by Crippen LogP contribution is 2.50. The molecule has 0 saturated carbocycles. The summed E-state index contributed by atoms with van der Waals surface area (Å²) in [7, 11) is 0. The molecule has 30 heavy (non-hydrogen) atoms. The molecule has 4 heteroatoms. The minimum Gasteiger partial charge on any atom is -0.508 e. The van der Waals surface area contributed by atoms with E-state index in [-0.39, 0.29) is 17.3 Å². The fraction of sp³-hybridized carbons (Fsp3) is 0.308. The third-order valence-corrected chi connectivity index (χ3v) is 6.52. The van der Waals surface area contributed by atoms with Crippen molar-refractivity contribution in [2.75, 3.05) is 0 Å². The fourth-order valence-electron chi connectivity index (χ4n) is 5.22. The zero-order valence-corrected chi connectivity index (χ0v) is 16.9. The zero-order chi connectivity index (χ0) is 20.7. The molecule has 5 rings (SSSR count). The van der Waals surface area contributed by atoms with E-state index in [9.17, 15) is 14.7 Å². The van der Waals surface area contributed by atoms with Crippen LogP contribution in [0.1, 0.15) is 55.6 Å². The van der Waals surface area contributed by atoms with Gasteiger partial charge in [0, 0.05) is 53.4 Å². The van der Waals surface area contributed by atoms with Gasteiger partial charge in [-0.05, 0) is 37.3 Å². The van der Waals surface area contributed by atoms with Crippen molar-refractivity contribution in [1.82, 2.24) is 4.90 Å². The quantitative estimate of drug-likeness (QED) is 0.789. The summed E-state index contributed by atoms with van der Waals surface area (Å²) < 4.78 is 0. The summed E-state index contributed by atoms with van der Waals surface area (Å²) >= 11 is 0. The number of hydrogen-bond donors (Lipinski definition) is 1. The largest absolute Gasteiger partial charge is 0.508 e. The maximum atomic E-state index is 13.2. The summed E-state index contributed by atoms with van der Waals surface area (Å²) in [6, 6.07) is 17.4. The summed E-state index contributed by atoms with van der Waals surface area (Å²) in [5.74, 6) is -0.0988. The van der Waals surface area contributed by atoms with Gasteiger partial charge in [-0.15, -0.1) is 0 Å². The van der Waals surface area contributed by atoms with Crippen LogP contribution in [0.4, 0.5) is 0 Å². The number of carbonyl (C=O) groups is 2. The van der Waals surface area contributed by atoms with Crippen LogP contribution in [0.2, 0.25) is 0 Å². The number of ketones is 2. The SMILES string of the molecule is O=C1CCCC2=C1C(c1ccccc1O)C1=C(CCCC1=O)N2Cc1ccccc1. The number of rotatable bonds is 3. The molecule has 0 unspecified atom stereocenters. The first-order valence-electron chi connectivity index (χ1n) is 10.8. The Labute approximate surface area is 176 Å².